The van der Waals surface area contributed by atoms with Gasteiger partial charge in [-0.1, -0.05) is 25.8 Å². The Hall–Kier alpha value is -2.32. The van der Waals surface area contributed by atoms with E-state index in [2.05, 4.69) is 68.7 Å². The van der Waals surface area contributed by atoms with Gasteiger partial charge in [0.1, 0.15) is 0 Å². The molecule has 1 aromatic rings. The summed E-state index contributed by atoms with van der Waals surface area (Å²) in [7, 11) is -4.23. The summed E-state index contributed by atoms with van der Waals surface area (Å²) in [6, 6.07) is 4.29. The molecule has 0 spiro atoms. The van der Waals surface area contributed by atoms with Gasteiger partial charge in [0, 0.05) is 29.1 Å². The van der Waals surface area contributed by atoms with Crippen LogP contribution in [0.2, 0.25) is 0 Å². The maximum absolute atomic E-state index is 11.0. The molecule has 7 nitrogen and oxygen atoms in total. The molecule has 192 valence electrons. The number of allylic oxidation sites excluding steroid dienone is 4. The molecule has 2 aliphatic heterocycles. The lowest BCUT2D eigenvalue weighted by molar-refractivity contribution is -0.684. The van der Waals surface area contributed by atoms with Crippen LogP contribution in [0.5, 0.6) is 0 Å². The number of rotatable bonds is 11. The number of hydrazone groups is 1. The zero-order valence-electron chi connectivity index (χ0n) is 22.0. The van der Waals surface area contributed by atoms with Gasteiger partial charge in [0.15, 0.2) is 5.71 Å². The molecule has 0 radical (unpaired) electrons. The molecule has 2 aliphatic rings. The molecular weight excluding hydrogens is 460 g/mol. The van der Waals surface area contributed by atoms with Crippen LogP contribution in [0.3, 0.4) is 0 Å². The van der Waals surface area contributed by atoms with Crippen LogP contribution in [-0.2, 0) is 22.1 Å². The number of aliphatic imine (C=N–C) groups is 1. The number of hydrogen-bond acceptors (Lipinski definition) is 6. The predicted octanol–water partition coefficient (Wildman–Crippen LogP) is 5.01. The highest BCUT2D eigenvalue weighted by atomic mass is 32.2. The molecule has 0 aliphatic carbocycles. The van der Waals surface area contributed by atoms with E-state index < -0.39 is 10.1 Å². The Morgan fingerprint density at radius 2 is 1.86 bits per heavy atom. The first-order chi connectivity index (χ1) is 16.4. The number of hydrogen-bond donors (Lipinski definition) is 0. The van der Waals surface area contributed by atoms with E-state index in [9.17, 15) is 13.0 Å². The number of unbranched alkanes of at least 4 members (excludes halogenated alkanes) is 3. The maximum atomic E-state index is 11.0. The highest BCUT2D eigenvalue weighted by Gasteiger charge is 2.42. The Bertz CT molecular complexity index is 1160. The van der Waals surface area contributed by atoms with Gasteiger partial charge in [0.2, 0.25) is 0 Å². The molecule has 3 rings (SSSR count). The molecule has 0 aromatic carbocycles. The second-order valence-electron chi connectivity index (χ2n) is 10.6. The van der Waals surface area contributed by atoms with E-state index in [0.29, 0.717) is 6.54 Å². The second-order valence-corrected chi connectivity index (χ2v) is 12.1. The first kappa shape index (κ1) is 27.3. The molecule has 8 heteroatoms. The van der Waals surface area contributed by atoms with Crippen LogP contribution in [0.25, 0.3) is 0 Å². The molecule has 0 amide bonds. The smallest absolute Gasteiger partial charge is 0.327 e. The Morgan fingerprint density at radius 3 is 2.54 bits per heavy atom. The van der Waals surface area contributed by atoms with Crippen molar-refractivity contribution in [3.8, 4) is 0 Å². The van der Waals surface area contributed by atoms with Crippen molar-refractivity contribution in [3.63, 3.8) is 0 Å². The van der Waals surface area contributed by atoms with Gasteiger partial charge >= 0.3 is 5.82 Å². The van der Waals surface area contributed by atoms with Gasteiger partial charge in [-0.2, -0.15) is 5.10 Å². The third-order valence-corrected chi connectivity index (χ3v) is 7.99. The standard InChI is InChI=1S/C27H40N4O3S/c1-7-8-9-10-17-30-18-12-14-22-25(30)28-23(27(22,5)6)15-11-16-24-26(3,4)21(2)29-31(24)19-13-20-35(32,33)34/h11-12,14-16,18H,7-10,13,17,19-20H2,1-6H3. The van der Waals surface area contributed by atoms with E-state index in [4.69, 9.17) is 4.99 Å². The van der Waals surface area contributed by atoms with Crippen LogP contribution >= 0.6 is 0 Å². The number of aryl methyl sites for hydroxylation is 1. The summed E-state index contributed by atoms with van der Waals surface area (Å²) < 4.78 is 35.3. The lowest BCUT2D eigenvalue weighted by atomic mass is 9.82. The van der Waals surface area contributed by atoms with E-state index >= 15 is 0 Å². The zero-order valence-corrected chi connectivity index (χ0v) is 22.9. The molecule has 0 fully saturated rings. The fourth-order valence-corrected chi connectivity index (χ4v) is 5.12. The summed E-state index contributed by atoms with van der Waals surface area (Å²) in [4.78, 5) is 5.03. The van der Waals surface area contributed by atoms with E-state index in [1.54, 1.807) is 0 Å². The number of fused-ring (bicyclic) bond motifs is 1. The monoisotopic (exact) mass is 500 g/mol. The van der Waals surface area contributed by atoms with Crippen molar-refractivity contribution in [2.24, 2.45) is 15.5 Å². The highest BCUT2D eigenvalue weighted by molar-refractivity contribution is 7.85. The Balaban J connectivity index is 1.80. The Morgan fingerprint density at radius 1 is 1.11 bits per heavy atom. The molecule has 3 heterocycles. The van der Waals surface area contributed by atoms with E-state index in [1.807, 2.05) is 24.1 Å². The van der Waals surface area contributed by atoms with Crippen LogP contribution in [0.1, 0.15) is 79.2 Å². The molecule has 0 N–H and O–H groups in total. The number of aromatic nitrogens is 1. The fraction of sp³-hybridized carbons (Fsp3) is 0.593. The molecule has 0 atom stereocenters. The van der Waals surface area contributed by atoms with Crippen LogP contribution in [0, 0.1) is 5.41 Å². The third kappa shape index (κ3) is 6.28. The second kappa shape index (κ2) is 10.7. The fourth-order valence-electron chi connectivity index (χ4n) is 4.64. The van der Waals surface area contributed by atoms with Crippen molar-refractivity contribution in [2.45, 2.75) is 85.6 Å². The lowest BCUT2D eigenvalue weighted by Crippen LogP contribution is -2.34. The zero-order chi connectivity index (χ0) is 25.9. The van der Waals surface area contributed by atoms with Gasteiger partial charge in [0.25, 0.3) is 0 Å². The predicted molar refractivity (Wildman–Crippen MR) is 141 cm³/mol. The van der Waals surface area contributed by atoms with Crippen molar-refractivity contribution in [1.29, 1.82) is 0 Å². The summed E-state index contributed by atoms with van der Waals surface area (Å²) in [5.41, 5.74) is 3.71. The van der Waals surface area contributed by atoms with Crippen molar-refractivity contribution in [1.82, 2.24) is 5.01 Å². The van der Waals surface area contributed by atoms with Crippen molar-refractivity contribution < 1.29 is 17.5 Å². The van der Waals surface area contributed by atoms with Gasteiger partial charge in [-0.25, -0.2) is 13.0 Å². The molecular formula is C27H40N4O3S. The SMILES string of the molecule is CCCCCC[n+]1cccc2c1N=C(/C=C/C=C1/N(CCCS(=O)(=O)[O-])N=C(C)C1(C)C)C2(C)C. The van der Waals surface area contributed by atoms with Crippen LogP contribution in [-0.4, -0.2) is 41.7 Å². The summed E-state index contributed by atoms with van der Waals surface area (Å²) in [5, 5.41) is 6.45. The maximum Gasteiger partial charge on any atom is 0.327 e. The quantitative estimate of drug-likeness (QED) is 0.243. The largest absolute Gasteiger partial charge is 0.748 e. The summed E-state index contributed by atoms with van der Waals surface area (Å²) >= 11 is 0. The van der Waals surface area contributed by atoms with Gasteiger partial charge < -0.3 is 4.55 Å². The van der Waals surface area contributed by atoms with Gasteiger partial charge in [-0.3, -0.25) is 5.01 Å². The average molecular weight is 501 g/mol. The van der Waals surface area contributed by atoms with Gasteiger partial charge in [-0.05, 0) is 83.2 Å². The molecule has 35 heavy (non-hydrogen) atoms. The minimum Gasteiger partial charge on any atom is -0.748 e. The van der Waals surface area contributed by atoms with Crippen molar-refractivity contribution >= 4 is 27.4 Å². The van der Waals surface area contributed by atoms with Crippen LogP contribution in [0.15, 0.2) is 52.3 Å². The number of pyridine rings is 1. The first-order valence-corrected chi connectivity index (χ1v) is 14.2. The molecule has 1 aromatic heterocycles. The third-order valence-electron chi connectivity index (χ3n) is 7.20. The normalized spacial score (nSPS) is 20.0. The van der Waals surface area contributed by atoms with Crippen LogP contribution in [0.4, 0.5) is 5.82 Å². The van der Waals surface area contributed by atoms with Gasteiger partial charge in [-0.15, -0.1) is 0 Å². The molecule has 0 bridgehead atoms. The Labute approximate surface area is 211 Å². The van der Waals surface area contributed by atoms with E-state index in [0.717, 1.165) is 35.9 Å². The molecule has 0 saturated heterocycles. The van der Waals surface area contributed by atoms with Gasteiger partial charge in [0.05, 0.1) is 33.8 Å². The first-order valence-electron chi connectivity index (χ1n) is 12.7. The Kier molecular flexibility index (Phi) is 8.37. The minimum atomic E-state index is -4.23. The molecule has 0 unspecified atom stereocenters. The highest BCUT2D eigenvalue weighted by Crippen LogP contribution is 2.39. The van der Waals surface area contributed by atoms with Crippen molar-refractivity contribution in [3.05, 3.63) is 47.8 Å². The van der Waals surface area contributed by atoms with E-state index in [1.165, 1.54) is 24.8 Å². The molecule has 0 saturated carbocycles. The summed E-state index contributed by atoms with van der Waals surface area (Å²) in [6.07, 6.45) is 13.4. The minimum absolute atomic E-state index is 0.198. The van der Waals surface area contributed by atoms with Crippen LogP contribution < -0.4 is 4.57 Å². The van der Waals surface area contributed by atoms with Crippen molar-refractivity contribution in [2.75, 3.05) is 12.3 Å². The summed E-state index contributed by atoms with van der Waals surface area (Å²) in [6.45, 7) is 14.2. The average Bonchev–Trinajstić information content (AvgIpc) is 3.14. The van der Waals surface area contributed by atoms with E-state index in [-0.39, 0.29) is 23.0 Å². The topological polar surface area (TPSA) is 89.0 Å². The summed E-state index contributed by atoms with van der Waals surface area (Å²) in [5.74, 6) is 0.658. The number of nitrogens with zero attached hydrogens (tertiary/aromatic N) is 4. The lowest BCUT2D eigenvalue weighted by Gasteiger charge is -2.25.